The van der Waals surface area contributed by atoms with Crippen molar-refractivity contribution in [1.82, 2.24) is 5.32 Å². The molecule has 0 saturated heterocycles. The van der Waals surface area contributed by atoms with Crippen molar-refractivity contribution in [2.24, 2.45) is 0 Å². The number of aliphatic hydroxyl groups is 1. The summed E-state index contributed by atoms with van der Waals surface area (Å²) in [7, 11) is 0. The number of rotatable bonds is 5. The molecule has 2 rings (SSSR count). The Morgan fingerprint density at radius 1 is 1.56 bits per heavy atom. The molecule has 0 radical (unpaired) electrons. The van der Waals surface area contributed by atoms with Gasteiger partial charge in [0.15, 0.2) is 0 Å². The molecule has 1 aliphatic heterocycles. The minimum atomic E-state index is -0.320. The first kappa shape index (κ1) is 12.9. The molecule has 1 heterocycles. The highest BCUT2D eigenvalue weighted by Gasteiger charge is 2.25. The van der Waals surface area contributed by atoms with Crippen LogP contribution in [0.1, 0.15) is 25.3 Å². The van der Waals surface area contributed by atoms with Crippen molar-refractivity contribution in [2.75, 3.05) is 11.9 Å². The third kappa shape index (κ3) is 3.01. The van der Waals surface area contributed by atoms with E-state index in [0.717, 1.165) is 18.5 Å². The monoisotopic (exact) mass is 248 g/mol. The van der Waals surface area contributed by atoms with Gasteiger partial charge >= 0.3 is 0 Å². The van der Waals surface area contributed by atoms with Crippen LogP contribution < -0.4 is 10.6 Å². The summed E-state index contributed by atoms with van der Waals surface area (Å²) in [6.45, 7) is 2.46. The van der Waals surface area contributed by atoms with Crippen LogP contribution in [0.2, 0.25) is 0 Å². The molecule has 0 aromatic heterocycles. The number of para-hydroxylation sites is 1. The topological polar surface area (TPSA) is 61.4 Å². The van der Waals surface area contributed by atoms with Crippen LogP contribution in [0.15, 0.2) is 24.3 Å². The molecular formula is C14H20N2O2. The Bertz CT molecular complexity index is 395. The number of hydrogen-bond donors (Lipinski definition) is 3. The minimum Gasteiger partial charge on any atom is -0.393 e. The number of carbonyl (C=O) groups excluding carboxylic acids is 1. The van der Waals surface area contributed by atoms with Gasteiger partial charge in [-0.1, -0.05) is 25.1 Å². The summed E-state index contributed by atoms with van der Waals surface area (Å²) < 4.78 is 0. The largest absolute Gasteiger partial charge is 0.393 e. The van der Waals surface area contributed by atoms with Gasteiger partial charge in [-0.25, -0.2) is 0 Å². The first-order chi connectivity index (χ1) is 8.70. The molecule has 0 saturated carbocycles. The summed E-state index contributed by atoms with van der Waals surface area (Å²) >= 11 is 0. The zero-order valence-electron chi connectivity index (χ0n) is 10.6. The minimum absolute atomic E-state index is 0.00880. The summed E-state index contributed by atoms with van der Waals surface area (Å²) in [5.41, 5.74) is 2.23. The van der Waals surface area contributed by atoms with E-state index in [4.69, 9.17) is 0 Å². The fourth-order valence-electron chi connectivity index (χ4n) is 2.15. The lowest BCUT2D eigenvalue weighted by atomic mass is 10.1. The summed E-state index contributed by atoms with van der Waals surface area (Å²) in [6.07, 6.45) is 1.75. The van der Waals surface area contributed by atoms with Crippen LogP contribution >= 0.6 is 0 Å². The third-order valence-electron chi connectivity index (χ3n) is 3.34. The summed E-state index contributed by atoms with van der Waals surface area (Å²) in [6, 6.07) is 7.79. The molecular weight excluding hydrogens is 228 g/mol. The average Bonchev–Trinajstić information content (AvgIpc) is 2.82. The Morgan fingerprint density at radius 2 is 2.33 bits per heavy atom. The summed E-state index contributed by atoms with van der Waals surface area (Å²) in [4.78, 5) is 11.9. The van der Waals surface area contributed by atoms with Crippen LogP contribution in [0.25, 0.3) is 0 Å². The van der Waals surface area contributed by atoms with E-state index in [2.05, 4.69) is 10.6 Å². The van der Waals surface area contributed by atoms with Crippen molar-refractivity contribution >= 4 is 11.6 Å². The maximum Gasteiger partial charge on any atom is 0.242 e. The molecule has 3 N–H and O–H groups in total. The smallest absolute Gasteiger partial charge is 0.242 e. The van der Waals surface area contributed by atoms with E-state index >= 15 is 0 Å². The van der Waals surface area contributed by atoms with Crippen molar-refractivity contribution < 1.29 is 9.90 Å². The highest BCUT2D eigenvalue weighted by molar-refractivity contribution is 5.87. The fourth-order valence-corrected chi connectivity index (χ4v) is 2.15. The van der Waals surface area contributed by atoms with Gasteiger partial charge in [0.2, 0.25) is 5.91 Å². The van der Waals surface area contributed by atoms with Gasteiger partial charge in [-0.2, -0.15) is 0 Å². The van der Waals surface area contributed by atoms with E-state index in [0.29, 0.717) is 13.0 Å². The molecule has 1 aromatic carbocycles. The molecule has 1 aromatic rings. The first-order valence-corrected chi connectivity index (χ1v) is 6.51. The molecule has 4 nitrogen and oxygen atoms in total. The number of amides is 1. The van der Waals surface area contributed by atoms with E-state index in [-0.39, 0.29) is 18.1 Å². The molecule has 18 heavy (non-hydrogen) atoms. The Hall–Kier alpha value is -1.55. The van der Waals surface area contributed by atoms with E-state index in [9.17, 15) is 9.90 Å². The van der Waals surface area contributed by atoms with E-state index in [1.54, 1.807) is 0 Å². The molecule has 2 unspecified atom stereocenters. The normalized spacial score (nSPS) is 18.9. The van der Waals surface area contributed by atoms with Crippen LogP contribution in [0, 0.1) is 0 Å². The van der Waals surface area contributed by atoms with Gasteiger partial charge < -0.3 is 15.7 Å². The van der Waals surface area contributed by atoms with E-state index < -0.39 is 0 Å². The Kier molecular flexibility index (Phi) is 4.20. The first-order valence-electron chi connectivity index (χ1n) is 6.51. The lowest BCUT2D eigenvalue weighted by Crippen LogP contribution is -2.39. The van der Waals surface area contributed by atoms with Gasteiger partial charge in [0.25, 0.3) is 0 Å². The highest BCUT2D eigenvalue weighted by atomic mass is 16.3. The number of nitrogens with one attached hydrogen (secondary N) is 2. The van der Waals surface area contributed by atoms with Crippen molar-refractivity contribution in [2.45, 2.75) is 38.3 Å². The summed E-state index contributed by atoms with van der Waals surface area (Å²) in [5.74, 6) is 0.00880. The van der Waals surface area contributed by atoms with Crippen LogP contribution in [0.5, 0.6) is 0 Å². The predicted molar refractivity (Wildman–Crippen MR) is 71.5 cm³/mol. The number of aliphatic hydroxyl groups excluding tert-OH is 1. The zero-order chi connectivity index (χ0) is 13.0. The van der Waals surface area contributed by atoms with Gasteiger partial charge in [0.05, 0.1) is 6.10 Å². The Labute approximate surface area is 107 Å². The third-order valence-corrected chi connectivity index (χ3v) is 3.34. The maximum atomic E-state index is 11.9. The second-order valence-corrected chi connectivity index (χ2v) is 4.70. The van der Waals surface area contributed by atoms with Crippen LogP contribution in [-0.2, 0) is 11.2 Å². The lowest BCUT2D eigenvalue weighted by Gasteiger charge is -2.13. The van der Waals surface area contributed by atoms with E-state index in [1.807, 2.05) is 31.2 Å². The molecule has 0 aliphatic carbocycles. The van der Waals surface area contributed by atoms with Gasteiger partial charge in [-0.05, 0) is 24.5 Å². The number of fused-ring (bicyclic) bond motifs is 1. The SMILES string of the molecule is CCC(O)CCNC(=O)C1Cc2ccccc2N1. The average molecular weight is 248 g/mol. The van der Waals surface area contributed by atoms with Crippen LogP contribution in [-0.4, -0.2) is 29.7 Å². The number of carbonyl (C=O) groups is 1. The zero-order valence-corrected chi connectivity index (χ0v) is 10.6. The second kappa shape index (κ2) is 5.87. The van der Waals surface area contributed by atoms with Gasteiger partial charge in [-0.3, -0.25) is 4.79 Å². The van der Waals surface area contributed by atoms with Crippen molar-refractivity contribution in [1.29, 1.82) is 0 Å². The molecule has 0 bridgehead atoms. The molecule has 0 spiro atoms. The number of hydrogen-bond acceptors (Lipinski definition) is 3. The molecule has 98 valence electrons. The Morgan fingerprint density at radius 3 is 3.06 bits per heavy atom. The molecule has 2 atom stereocenters. The fraction of sp³-hybridized carbons (Fsp3) is 0.500. The molecule has 1 amide bonds. The number of benzene rings is 1. The quantitative estimate of drug-likeness (QED) is 0.736. The summed E-state index contributed by atoms with van der Waals surface area (Å²) in [5, 5.41) is 15.5. The van der Waals surface area contributed by atoms with Crippen molar-refractivity contribution in [3.8, 4) is 0 Å². The van der Waals surface area contributed by atoms with Crippen LogP contribution in [0.4, 0.5) is 5.69 Å². The number of anilines is 1. The maximum absolute atomic E-state index is 11.9. The van der Waals surface area contributed by atoms with Gasteiger partial charge in [0.1, 0.15) is 6.04 Å². The van der Waals surface area contributed by atoms with Crippen molar-refractivity contribution in [3.05, 3.63) is 29.8 Å². The lowest BCUT2D eigenvalue weighted by molar-refractivity contribution is -0.121. The highest BCUT2D eigenvalue weighted by Crippen LogP contribution is 2.24. The van der Waals surface area contributed by atoms with Crippen molar-refractivity contribution in [3.63, 3.8) is 0 Å². The predicted octanol–water partition coefficient (Wildman–Crippen LogP) is 1.30. The standard InChI is InChI=1S/C14H20N2O2/c1-2-11(17)7-8-15-14(18)13-9-10-5-3-4-6-12(10)16-13/h3-6,11,13,16-17H,2,7-9H2,1H3,(H,15,18). The second-order valence-electron chi connectivity index (χ2n) is 4.70. The van der Waals surface area contributed by atoms with E-state index in [1.165, 1.54) is 5.56 Å². The molecule has 0 fully saturated rings. The molecule has 4 heteroatoms. The Balaban J connectivity index is 1.79. The van der Waals surface area contributed by atoms with Gasteiger partial charge in [-0.15, -0.1) is 0 Å². The van der Waals surface area contributed by atoms with Crippen LogP contribution in [0.3, 0.4) is 0 Å². The molecule has 1 aliphatic rings. The van der Waals surface area contributed by atoms with Gasteiger partial charge in [0, 0.05) is 18.7 Å².